The van der Waals surface area contributed by atoms with E-state index in [2.05, 4.69) is 17.0 Å². The first-order valence-electron chi connectivity index (χ1n) is 6.50. The Labute approximate surface area is 117 Å². The molecule has 0 radical (unpaired) electrons. The van der Waals surface area contributed by atoms with E-state index in [-0.39, 0.29) is 5.75 Å². The lowest BCUT2D eigenvalue weighted by Crippen LogP contribution is -2.22. The van der Waals surface area contributed by atoms with Gasteiger partial charge in [-0.2, -0.15) is 8.78 Å². The fourth-order valence-electron chi connectivity index (χ4n) is 2.16. The Morgan fingerprint density at radius 2 is 2.16 bits per heavy atom. The molecular formula is C14H18ClF2NO. The van der Waals surface area contributed by atoms with Gasteiger partial charge in [0.05, 0.1) is 0 Å². The molecule has 2 rings (SSSR count). The van der Waals surface area contributed by atoms with E-state index in [1.807, 2.05) is 0 Å². The van der Waals surface area contributed by atoms with E-state index < -0.39 is 6.61 Å². The highest BCUT2D eigenvalue weighted by molar-refractivity contribution is 6.30. The second kappa shape index (κ2) is 6.53. The number of ether oxygens (including phenoxy) is 1. The maximum Gasteiger partial charge on any atom is 0.387 e. The number of benzene rings is 1. The average molecular weight is 290 g/mol. The van der Waals surface area contributed by atoms with Crippen LogP contribution in [0.4, 0.5) is 8.78 Å². The molecule has 0 aromatic heterocycles. The maximum atomic E-state index is 12.3. The molecule has 1 fully saturated rings. The van der Waals surface area contributed by atoms with Crippen LogP contribution < -0.4 is 10.1 Å². The van der Waals surface area contributed by atoms with Gasteiger partial charge in [-0.05, 0) is 49.4 Å². The first kappa shape index (κ1) is 14.5. The van der Waals surface area contributed by atoms with Crippen molar-refractivity contribution in [3.8, 4) is 5.75 Å². The van der Waals surface area contributed by atoms with Crippen molar-refractivity contribution >= 4 is 11.6 Å². The van der Waals surface area contributed by atoms with Crippen LogP contribution in [-0.4, -0.2) is 13.2 Å². The number of hydrogen-bond donors (Lipinski definition) is 1. The Kier molecular flexibility index (Phi) is 4.99. The lowest BCUT2D eigenvalue weighted by molar-refractivity contribution is -0.0505. The molecule has 106 valence electrons. The van der Waals surface area contributed by atoms with Crippen molar-refractivity contribution < 1.29 is 13.5 Å². The van der Waals surface area contributed by atoms with Crippen molar-refractivity contribution in [2.24, 2.45) is 11.8 Å². The van der Waals surface area contributed by atoms with Gasteiger partial charge in [-0.1, -0.05) is 18.5 Å². The molecule has 0 bridgehead atoms. The quantitative estimate of drug-likeness (QED) is 0.817. The first-order chi connectivity index (χ1) is 9.06. The van der Waals surface area contributed by atoms with Crippen molar-refractivity contribution in [2.45, 2.75) is 32.9 Å². The molecule has 1 aliphatic carbocycles. The second-order valence-corrected chi connectivity index (χ2v) is 5.51. The molecule has 2 nitrogen and oxygen atoms in total. The molecule has 1 saturated carbocycles. The monoisotopic (exact) mass is 289 g/mol. The molecule has 1 N–H and O–H groups in total. The molecule has 0 spiro atoms. The molecule has 0 aliphatic heterocycles. The van der Waals surface area contributed by atoms with Crippen molar-refractivity contribution in [1.82, 2.24) is 5.32 Å². The Hall–Kier alpha value is -0.870. The standard InChI is InChI=1S/C14H18ClF2NO/c1-9(10-2-3-10)7-18-8-11-6-12(15)4-5-13(11)19-14(16)17/h4-6,9-10,14,18H,2-3,7-8H2,1H3. The number of halogens is 3. The Balaban J connectivity index is 1.91. The van der Waals surface area contributed by atoms with Crippen molar-refractivity contribution in [2.75, 3.05) is 6.54 Å². The molecule has 1 aromatic carbocycles. The van der Waals surface area contributed by atoms with Gasteiger partial charge in [0, 0.05) is 17.1 Å². The molecule has 1 atom stereocenters. The minimum atomic E-state index is -2.81. The highest BCUT2D eigenvalue weighted by atomic mass is 35.5. The van der Waals surface area contributed by atoms with Crippen molar-refractivity contribution in [3.63, 3.8) is 0 Å². The lowest BCUT2D eigenvalue weighted by atomic mass is 10.1. The highest BCUT2D eigenvalue weighted by Crippen LogP contribution is 2.36. The van der Waals surface area contributed by atoms with Gasteiger partial charge < -0.3 is 10.1 Å². The third kappa shape index (κ3) is 4.62. The van der Waals surface area contributed by atoms with Crippen LogP contribution in [0.5, 0.6) is 5.75 Å². The molecule has 19 heavy (non-hydrogen) atoms. The van der Waals surface area contributed by atoms with Crippen LogP contribution in [0.15, 0.2) is 18.2 Å². The summed E-state index contributed by atoms with van der Waals surface area (Å²) >= 11 is 5.88. The van der Waals surface area contributed by atoms with E-state index in [0.717, 1.165) is 12.5 Å². The number of nitrogens with one attached hydrogen (secondary N) is 1. The third-order valence-corrected chi connectivity index (χ3v) is 3.68. The van der Waals surface area contributed by atoms with Crippen LogP contribution in [0.2, 0.25) is 5.02 Å². The molecule has 0 saturated heterocycles. The van der Waals surface area contributed by atoms with E-state index in [1.54, 1.807) is 12.1 Å². The summed E-state index contributed by atoms with van der Waals surface area (Å²) in [6.07, 6.45) is 2.61. The fraction of sp³-hybridized carbons (Fsp3) is 0.571. The van der Waals surface area contributed by atoms with Gasteiger partial charge in [0.1, 0.15) is 5.75 Å². The predicted molar refractivity (Wildman–Crippen MR) is 71.7 cm³/mol. The summed E-state index contributed by atoms with van der Waals surface area (Å²) < 4.78 is 29.1. The Bertz CT molecular complexity index is 424. The zero-order chi connectivity index (χ0) is 13.8. The lowest BCUT2D eigenvalue weighted by Gasteiger charge is -2.14. The van der Waals surface area contributed by atoms with Gasteiger partial charge in [-0.25, -0.2) is 0 Å². The van der Waals surface area contributed by atoms with Crippen LogP contribution in [0, 0.1) is 11.8 Å². The average Bonchev–Trinajstić information content (AvgIpc) is 3.16. The smallest absolute Gasteiger partial charge is 0.387 e. The fourth-order valence-corrected chi connectivity index (χ4v) is 2.36. The molecule has 1 aliphatic rings. The van der Waals surface area contributed by atoms with E-state index in [9.17, 15) is 8.78 Å². The van der Waals surface area contributed by atoms with E-state index in [1.165, 1.54) is 18.9 Å². The topological polar surface area (TPSA) is 21.3 Å². The second-order valence-electron chi connectivity index (χ2n) is 5.08. The molecule has 5 heteroatoms. The summed E-state index contributed by atoms with van der Waals surface area (Å²) in [5, 5.41) is 3.80. The van der Waals surface area contributed by atoms with Gasteiger partial charge in [-0.15, -0.1) is 0 Å². The van der Waals surface area contributed by atoms with Crippen LogP contribution in [0.1, 0.15) is 25.3 Å². The molecule has 0 amide bonds. The number of hydrogen-bond acceptors (Lipinski definition) is 2. The van der Waals surface area contributed by atoms with E-state index >= 15 is 0 Å². The Morgan fingerprint density at radius 3 is 2.79 bits per heavy atom. The van der Waals surface area contributed by atoms with Crippen LogP contribution in [-0.2, 0) is 6.54 Å². The first-order valence-corrected chi connectivity index (χ1v) is 6.88. The van der Waals surface area contributed by atoms with Gasteiger partial charge in [0.15, 0.2) is 0 Å². The molecule has 1 aromatic rings. The van der Waals surface area contributed by atoms with Gasteiger partial charge in [0.25, 0.3) is 0 Å². The zero-order valence-electron chi connectivity index (χ0n) is 10.8. The van der Waals surface area contributed by atoms with Gasteiger partial charge in [-0.3, -0.25) is 0 Å². The minimum absolute atomic E-state index is 0.186. The summed E-state index contributed by atoms with van der Waals surface area (Å²) in [4.78, 5) is 0. The zero-order valence-corrected chi connectivity index (χ0v) is 11.6. The SMILES string of the molecule is CC(CNCc1cc(Cl)ccc1OC(F)F)C1CC1. The van der Waals surface area contributed by atoms with Crippen molar-refractivity contribution in [3.05, 3.63) is 28.8 Å². The minimum Gasteiger partial charge on any atom is -0.434 e. The maximum absolute atomic E-state index is 12.3. The van der Waals surface area contributed by atoms with Gasteiger partial charge in [0.2, 0.25) is 0 Å². The highest BCUT2D eigenvalue weighted by Gasteiger charge is 2.27. The number of alkyl halides is 2. The normalized spacial score (nSPS) is 16.7. The number of rotatable bonds is 7. The third-order valence-electron chi connectivity index (χ3n) is 3.45. The molecule has 0 heterocycles. The summed E-state index contributed by atoms with van der Waals surface area (Å²) in [5.74, 6) is 1.63. The summed E-state index contributed by atoms with van der Waals surface area (Å²) in [5.41, 5.74) is 0.663. The summed E-state index contributed by atoms with van der Waals surface area (Å²) in [7, 11) is 0. The summed E-state index contributed by atoms with van der Waals surface area (Å²) in [6.45, 7) is 0.759. The molecular weight excluding hydrogens is 272 g/mol. The van der Waals surface area contributed by atoms with E-state index in [0.29, 0.717) is 23.0 Å². The van der Waals surface area contributed by atoms with Crippen LogP contribution in [0.3, 0.4) is 0 Å². The largest absolute Gasteiger partial charge is 0.434 e. The van der Waals surface area contributed by atoms with Crippen LogP contribution >= 0.6 is 11.6 Å². The van der Waals surface area contributed by atoms with Crippen LogP contribution in [0.25, 0.3) is 0 Å². The molecule has 1 unspecified atom stereocenters. The van der Waals surface area contributed by atoms with E-state index in [4.69, 9.17) is 11.6 Å². The van der Waals surface area contributed by atoms with Gasteiger partial charge >= 0.3 is 6.61 Å². The predicted octanol–water partition coefficient (Wildman–Crippen LogP) is 4.08. The summed E-state index contributed by atoms with van der Waals surface area (Å²) in [6, 6.07) is 4.69. The van der Waals surface area contributed by atoms with Crippen molar-refractivity contribution in [1.29, 1.82) is 0 Å². The Morgan fingerprint density at radius 1 is 1.42 bits per heavy atom.